The van der Waals surface area contributed by atoms with Crippen molar-refractivity contribution in [2.75, 3.05) is 0 Å². The average molecular weight is 436 g/mol. The molecule has 1 aliphatic carbocycles. The SMILES string of the molecule is O=C(CCc1c(Cl)cc(C(F)(F)F)cc1Cl)[C@]1(F)CC[C@H](O)c2ncccc21. The molecule has 150 valence electrons. The summed E-state index contributed by atoms with van der Waals surface area (Å²) in [5.41, 5.74) is -3.04. The van der Waals surface area contributed by atoms with Crippen LogP contribution in [0.15, 0.2) is 30.5 Å². The summed E-state index contributed by atoms with van der Waals surface area (Å²) in [6, 6.07) is 4.34. The molecule has 1 aromatic heterocycles. The lowest BCUT2D eigenvalue weighted by Crippen LogP contribution is -2.37. The zero-order valence-electron chi connectivity index (χ0n) is 14.4. The Morgan fingerprint density at radius 3 is 2.54 bits per heavy atom. The lowest BCUT2D eigenvalue weighted by atomic mass is 9.77. The minimum absolute atomic E-state index is 0.0170. The highest BCUT2D eigenvalue weighted by molar-refractivity contribution is 6.36. The molecule has 0 bridgehead atoms. The predicted molar refractivity (Wildman–Crippen MR) is 96.0 cm³/mol. The van der Waals surface area contributed by atoms with Crippen LogP contribution in [0, 0.1) is 0 Å². The van der Waals surface area contributed by atoms with Gasteiger partial charge in [0.25, 0.3) is 0 Å². The minimum Gasteiger partial charge on any atom is -0.387 e. The Hall–Kier alpha value is -1.70. The van der Waals surface area contributed by atoms with E-state index in [4.69, 9.17) is 23.2 Å². The van der Waals surface area contributed by atoms with Crippen LogP contribution in [0.3, 0.4) is 0 Å². The van der Waals surface area contributed by atoms with E-state index in [2.05, 4.69) is 4.98 Å². The zero-order valence-corrected chi connectivity index (χ0v) is 15.9. The van der Waals surface area contributed by atoms with Crippen LogP contribution >= 0.6 is 23.2 Å². The second-order valence-corrected chi connectivity index (χ2v) is 7.45. The van der Waals surface area contributed by atoms with E-state index in [0.717, 1.165) is 12.1 Å². The summed E-state index contributed by atoms with van der Waals surface area (Å²) < 4.78 is 54.0. The molecular weight excluding hydrogens is 421 g/mol. The third-order valence-electron chi connectivity index (χ3n) is 4.86. The van der Waals surface area contributed by atoms with Crippen molar-refractivity contribution < 1.29 is 27.5 Å². The molecule has 0 amide bonds. The monoisotopic (exact) mass is 435 g/mol. The second-order valence-electron chi connectivity index (χ2n) is 6.63. The number of benzene rings is 1. The van der Waals surface area contributed by atoms with E-state index < -0.39 is 29.3 Å². The van der Waals surface area contributed by atoms with Gasteiger partial charge >= 0.3 is 6.18 Å². The van der Waals surface area contributed by atoms with Crippen molar-refractivity contribution in [3.8, 4) is 0 Å². The number of aliphatic hydroxyl groups is 1. The molecule has 1 heterocycles. The van der Waals surface area contributed by atoms with Gasteiger partial charge in [-0.3, -0.25) is 9.78 Å². The number of ketones is 1. The Bertz CT molecular complexity index is 896. The number of carbonyl (C=O) groups excluding carboxylic acids is 1. The number of hydrogen-bond acceptors (Lipinski definition) is 3. The van der Waals surface area contributed by atoms with Crippen molar-refractivity contribution in [3.63, 3.8) is 0 Å². The standard InChI is InChI=1S/C19H15Cl2F4NO2/c20-13-8-10(19(23,24)25)9-14(21)11(13)3-4-16(28)18(22)6-5-15(27)17-12(18)2-1-7-26-17/h1-2,7-9,15,27H,3-6H2/t15-,18-/m0/s1. The van der Waals surface area contributed by atoms with Gasteiger partial charge in [-0.1, -0.05) is 29.3 Å². The smallest absolute Gasteiger partial charge is 0.387 e. The summed E-state index contributed by atoms with van der Waals surface area (Å²) in [4.78, 5) is 16.6. The van der Waals surface area contributed by atoms with Crippen molar-refractivity contribution in [3.05, 3.63) is 62.9 Å². The van der Waals surface area contributed by atoms with E-state index in [9.17, 15) is 23.1 Å². The fraction of sp³-hybridized carbons (Fsp3) is 0.368. The minimum atomic E-state index is -4.61. The van der Waals surface area contributed by atoms with E-state index in [-0.39, 0.29) is 52.5 Å². The fourth-order valence-corrected chi connectivity index (χ4v) is 4.03. The predicted octanol–water partition coefficient (Wildman–Crippen LogP) is 5.60. The molecule has 9 heteroatoms. The summed E-state index contributed by atoms with van der Waals surface area (Å²) >= 11 is 11.8. The molecule has 1 aliphatic rings. The van der Waals surface area contributed by atoms with Crippen LogP contribution in [0.5, 0.6) is 0 Å². The number of aliphatic hydroxyl groups excluding tert-OH is 1. The molecule has 0 fully saturated rings. The van der Waals surface area contributed by atoms with Crippen LogP contribution in [0.1, 0.15) is 47.8 Å². The number of nitrogens with zero attached hydrogens (tertiary/aromatic N) is 1. The summed E-state index contributed by atoms with van der Waals surface area (Å²) in [6.07, 6.45) is -4.76. The molecule has 2 aromatic rings. The maximum absolute atomic E-state index is 15.5. The molecule has 28 heavy (non-hydrogen) atoms. The lowest BCUT2D eigenvalue weighted by Gasteiger charge is -2.32. The van der Waals surface area contributed by atoms with Crippen molar-refractivity contribution >= 4 is 29.0 Å². The number of halogens is 6. The van der Waals surface area contributed by atoms with Gasteiger partial charge in [-0.15, -0.1) is 0 Å². The molecule has 0 saturated carbocycles. The van der Waals surface area contributed by atoms with Crippen LogP contribution in [-0.4, -0.2) is 15.9 Å². The summed E-state index contributed by atoms with van der Waals surface area (Å²) in [7, 11) is 0. The first-order chi connectivity index (χ1) is 13.0. The summed E-state index contributed by atoms with van der Waals surface area (Å²) in [5.74, 6) is -0.763. The number of Topliss-reactive ketones (excluding diaryl/α,β-unsaturated/α-hetero) is 1. The first-order valence-electron chi connectivity index (χ1n) is 8.45. The molecule has 1 N–H and O–H groups in total. The maximum Gasteiger partial charge on any atom is 0.416 e. The molecule has 3 nitrogen and oxygen atoms in total. The molecule has 0 radical (unpaired) electrons. The van der Waals surface area contributed by atoms with E-state index in [1.165, 1.54) is 18.3 Å². The third-order valence-corrected chi connectivity index (χ3v) is 5.53. The number of pyridine rings is 1. The molecule has 2 atom stereocenters. The van der Waals surface area contributed by atoms with Gasteiger partial charge in [0.15, 0.2) is 11.5 Å². The van der Waals surface area contributed by atoms with Crippen molar-refractivity contribution in [2.45, 2.75) is 43.6 Å². The number of alkyl halides is 4. The Balaban J connectivity index is 1.83. The normalized spacial score (nSPS) is 22.0. The highest BCUT2D eigenvalue weighted by Crippen LogP contribution is 2.44. The molecule has 0 aliphatic heterocycles. The van der Waals surface area contributed by atoms with Crippen LogP contribution in [-0.2, 0) is 23.1 Å². The quantitative estimate of drug-likeness (QED) is 0.635. The summed E-state index contributed by atoms with van der Waals surface area (Å²) in [5, 5.41) is 9.51. The van der Waals surface area contributed by atoms with Crippen molar-refractivity contribution in [1.82, 2.24) is 4.98 Å². The van der Waals surface area contributed by atoms with Crippen LogP contribution in [0.25, 0.3) is 0 Å². The van der Waals surface area contributed by atoms with Gasteiger partial charge in [0.05, 0.1) is 17.4 Å². The molecule has 0 unspecified atom stereocenters. The second kappa shape index (κ2) is 7.61. The third kappa shape index (κ3) is 3.88. The number of aromatic nitrogens is 1. The van der Waals surface area contributed by atoms with Gasteiger partial charge in [-0.05, 0) is 43.0 Å². The Labute approximate surface area is 168 Å². The molecule has 1 aromatic carbocycles. The molecule has 0 spiro atoms. The number of carbonyl (C=O) groups is 1. The molecule has 0 saturated heterocycles. The lowest BCUT2D eigenvalue weighted by molar-refractivity contribution is -0.137. The van der Waals surface area contributed by atoms with Crippen LogP contribution in [0.2, 0.25) is 10.0 Å². The van der Waals surface area contributed by atoms with Gasteiger partial charge in [0, 0.05) is 28.2 Å². The van der Waals surface area contributed by atoms with E-state index in [0.29, 0.717) is 0 Å². The van der Waals surface area contributed by atoms with Gasteiger partial charge in [-0.25, -0.2) is 4.39 Å². The fourth-order valence-electron chi connectivity index (χ4n) is 3.36. The Morgan fingerprint density at radius 1 is 1.29 bits per heavy atom. The van der Waals surface area contributed by atoms with Gasteiger partial charge in [0.1, 0.15) is 0 Å². The van der Waals surface area contributed by atoms with Crippen LogP contribution in [0.4, 0.5) is 17.6 Å². The summed E-state index contributed by atoms with van der Waals surface area (Å²) in [6.45, 7) is 0. The topological polar surface area (TPSA) is 50.2 Å². The van der Waals surface area contributed by atoms with E-state index >= 15 is 4.39 Å². The number of hydrogen-bond donors (Lipinski definition) is 1. The average Bonchev–Trinajstić information content (AvgIpc) is 2.63. The Morgan fingerprint density at radius 2 is 1.93 bits per heavy atom. The van der Waals surface area contributed by atoms with E-state index in [1.807, 2.05) is 0 Å². The molecular formula is C19H15Cl2F4NO2. The number of fused-ring (bicyclic) bond motifs is 1. The first kappa shape index (κ1) is 21.0. The van der Waals surface area contributed by atoms with Gasteiger partial charge in [0.2, 0.25) is 0 Å². The van der Waals surface area contributed by atoms with Gasteiger partial charge < -0.3 is 5.11 Å². The highest BCUT2D eigenvalue weighted by Gasteiger charge is 2.46. The van der Waals surface area contributed by atoms with Crippen molar-refractivity contribution in [1.29, 1.82) is 0 Å². The largest absolute Gasteiger partial charge is 0.416 e. The van der Waals surface area contributed by atoms with Crippen molar-refractivity contribution in [2.24, 2.45) is 0 Å². The van der Waals surface area contributed by atoms with Crippen LogP contribution < -0.4 is 0 Å². The molecule has 3 rings (SSSR count). The van der Waals surface area contributed by atoms with Gasteiger partial charge in [-0.2, -0.15) is 13.2 Å². The number of rotatable bonds is 4. The first-order valence-corrected chi connectivity index (χ1v) is 9.20. The Kier molecular flexibility index (Phi) is 5.71. The zero-order chi connectivity index (χ0) is 20.7. The maximum atomic E-state index is 15.5. The highest BCUT2D eigenvalue weighted by atomic mass is 35.5. The van der Waals surface area contributed by atoms with E-state index in [1.54, 1.807) is 0 Å².